The second-order valence-corrected chi connectivity index (χ2v) is 12.4. The standard InChI is InChI=1S/C29H41NO4/c1-17(2)26(30)27(32)34-20-11-13-28(3)19(15-20)6-7-21-23-9-8-22(18-5-10-25(31)33-16-18)29(23,4)14-12-24(21)28/h5,9-10,16-17,19-22,24,26H,6-8,11-15,30H2,1-4H3/t19-,20+,21+,22-,24+,26+,28+,29-/m1/s1. The van der Waals surface area contributed by atoms with Crippen molar-refractivity contribution >= 4 is 5.97 Å². The van der Waals surface area contributed by atoms with E-state index in [1.165, 1.54) is 25.7 Å². The lowest BCUT2D eigenvalue weighted by atomic mass is 9.46. The van der Waals surface area contributed by atoms with Crippen molar-refractivity contribution in [2.45, 2.75) is 97.1 Å². The monoisotopic (exact) mass is 467 g/mol. The van der Waals surface area contributed by atoms with Crippen molar-refractivity contribution in [1.82, 2.24) is 0 Å². The highest BCUT2D eigenvalue weighted by Crippen LogP contribution is 2.67. The molecule has 4 aliphatic carbocycles. The van der Waals surface area contributed by atoms with Crippen molar-refractivity contribution < 1.29 is 13.9 Å². The number of fused-ring (bicyclic) bond motifs is 5. The molecule has 186 valence electrons. The zero-order valence-corrected chi connectivity index (χ0v) is 21.2. The van der Waals surface area contributed by atoms with Crippen molar-refractivity contribution in [3.05, 3.63) is 46.0 Å². The zero-order chi connectivity index (χ0) is 24.3. The van der Waals surface area contributed by atoms with Crippen LogP contribution in [0, 0.1) is 34.5 Å². The van der Waals surface area contributed by atoms with Crippen LogP contribution in [0.2, 0.25) is 0 Å². The largest absolute Gasteiger partial charge is 0.461 e. The van der Waals surface area contributed by atoms with Crippen molar-refractivity contribution in [2.24, 2.45) is 40.2 Å². The molecule has 8 atom stereocenters. The maximum atomic E-state index is 12.5. The van der Waals surface area contributed by atoms with Crippen LogP contribution < -0.4 is 11.4 Å². The summed E-state index contributed by atoms with van der Waals surface area (Å²) in [4.78, 5) is 24.0. The van der Waals surface area contributed by atoms with Crippen LogP contribution in [0.15, 0.2) is 39.3 Å². The zero-order valence-electron chi connectivity index (χ0n) is 21.2. The van der Waals surface area contributed by atoms with Crippen LogP contribution in [-0.4, -0.2) is 18.1 Å². The third kappa shape index (κ3) is 3.79. The van der Waals surface area contributed by atoms with E-state index in [-0.39, 0.29) is 29.0 Å². The number of nitrogens with two attached hydrogens (primary N) is 1. The van der Waals surface area contributed by atoms with E-state index in [0.29, 0.717) is 29.1 Å². The van der Waals surface area contributed by atoms with Gasteiger partial charge in [-0.1, -0.05) is 39.3 Å². The van der Waals surface area contributed by atoms with Crippen molar-refractivity contribution in [2.75, 3.05) is 0 Å². The molecule has 0 bridgehead atoms. The normalized spacial score (nSPS) is 40.1. The molecule has 34 heavy (non-hydrogen) atoms. The highest BCUT2D eigenvalue weighted by atomic mass is 16.5. The molecule has 5 heteroatoms. The van der Waals surface area contributed by atoms with Gasteiger partial charge in [0.2, 0.25) is 0 Å². The minimum Gasteiger partial charge on any atom is -0.461 e. The fraction of sp³-hybridized carbons (Fsp3) is 0.724. The van der Waals surface area contributed by atoms with Gasteiger partial charge in [0.15, 0.2) is 0 Å². The summed E-state index contributed by atoms with van der Waals surface area (Å²) in [6.45, 7) is 8.91. The summed E-state index contributed by atoms with van der Waals surface area (Å²) in [7, 11) is 0. The van der Waals surface area contributed by atoms with Crippen LogP contribution >= 0.6 is 0 Å². The first-order chi connectivity index (χ1) is 16.1. The predicted octanol–water partition coefficient (Wildman–Crippen LogP) is 5.58. The van der Waals surface area contributed by atoms with E-state index >= 15 is 0 Å². The Morgan fingerprint density at radius 2 is 1.94 bits per heavy atom. The van der Waals surface area contributed by atoms with E-state index in [4.69, 9.17) is 14.9 Å². The lowest BCUT2D eigenvalue weighted by Crippen LogP contribution is -2.52. The van der Waals surface area contributed by atoms with Gasteiger partial charge in [-0.25, -0.2) is 4.79 Å². The van der Waals surface area contributed by atoms with E-state index in [1.54, 1.807) is 17.9 Å². The Hall–Kier alpha value is -1.88. The quantitative estimate of drug-likeness (QED) is 0.462. The Morgan fingerprint density at radius 3 is 2.65 bits per heavy atom. The Kier molecular flexibility index (Phi) is 6.07. The second kappa shape index (κ2) is 8.65. The van der Waals surface area contributed by atoms with Crippen molar-refractivity contribution in [3.8, 4) is 0 Å². The summed E-state index contributed by atoms with van der Waals surface area (Å²) < 4.78 is 11.1. The summed E-state index contributed by atoms with van der Waals surface area (Å²) in [5.41, 5.74) is 9.06. The number of rotatable bonds is 4. The van der Waals surface area contributed by atoms with E-state index < -0.39 is 6.04 Å². The van der Waals surface area contributed by atoms with Gasteiger partial charge in [-0.15, -0.1) is 0 Å². The smallest absolute Gasteiger partial charge is 0.335 e. The highest BCUT2D eigenvalue weighted by molar-refractivity contribution is 5.75. The predicted molar refractivity (Wildman–Crippen MR) is 132 cm³/mol. The summed E-state index contributed by atoms with van der Waals surface area (Å²) >= 11 is 0. The van der Waals surface area contributed by atoms with Crippen LogP contribution in [0.25, 0.3) is 0 Å². The summed E-state index contributed by atoms with van der Waals surface area (Å²) in [5.74, 6) is 2.23. The summed E-state index contributed by atoms with van der Waals surface area (Å²) in [6.07, 6.45) is 13.2. The number of carbonyl (C=O) groups excluding carboxylic acids is 1. The first-order valence-electron chi connectivity index (χ1n) is 13.4. The summed E-state index contributed by atoms with van der Waals surface area (Å²) in [5, 5.41) is 0. The molecule has 0 saturated heterocycles. The van der Waals surface area contributed by atoms with Crippen LogP contribution in [0.3, 0.4) is 0 Å². The van der Waals surface area contributed by atoms with Crippen LogP contribution in [0.5, 0.6) is 0 Å². The Morgan fingerprint density at radius 1 is 1.15 bits per heavy atom. The molecule has 5 rings (SSSR count). The molecule has 0 radical (unpaired) electrons. The van der Waals surface area contributed by atoms with Gasteiger partial charge in [0.05, 0.1) is 6.26 Å². The topological polar surface area (TPSA) is 82.5 Å². The maximum absolute atomic E-state index is 12.5. The van der Waals surface area contributed by atoms with E-state index in [1.807, 2.05) is 19.9 Å². The third-order valence-electron chi connectivity index (χ3n) is 10.4. The molecule has 5 nitrogen and oxygen atoms in total. The van der Waals surface area contributed by atoms with Crippen molar-refractivity contribution in [3.63, 3.8) is 0 Å². The molecule has 1 heterocycles. The number of carbonyl (C=O) groups is 1. The van der Waals surface area contributed by atoms with Gasteiger partial charge in [0.25, 0.3) is 0 Å². The lowest BCUT2D eigenvalue weighted by Gasteiger charge is -2.59. The average Bonchev–Trinajstić information content (AvgIpc) is 3.16. The molecule has 3 saturated carbocycles. The third-order valence-corrected chi connectivity index (χ3v) is 10.4. The van der Waals surface area contributed by atoms with Crippen molar-refractivity contribution in [1.29, 1.82) is 0 Å². The molecule has 2 N–H and O–H groups in total. The molecular weight excluding hydrogens is 426 g/mol. The number of hydrogen-bond donors (Lipinski definition) is 1. The number of ether oxygens (including phenoxy) is 1. The van der Waals surface area contributed by atoms with Crippen LogP contribution in [-0.2, 0) is 9.53 Å². The fourth-order valence-corrected chi connectivity index (χ4v) is 8.24. The number of esters is 1. The number of hydrogen-bond acceptors (Lipinski definition) is 5. The highest BCUT2D eigenvalue weighted by Gasteiger charge is 2.58. The SMILES string of the molecule is CC(C)[C@H](N)C(=O)O[C@H]1CC[C@@]2(C)[C@H](CC[C@H]3C4=CC[C@H](c5ccc(=O)oc5)[C@@]4(C)CC[C@@H]32)C1. The first kappa shape index (κ1) is 23.8. The molecule has 0 aromatic carbocycles. The lowest BCUT2D eigenvalue weighted by molar-refractivity contribution is -0.160. The van der Waals surface area contributed by atoms with Gasteiger partial charge in [-0.2, -0.15) is 0 Å². The molecule has 0 aliphatic heterocycles. The van der Waals surface area contributed by atoms with Crippen LogP contribution in [0.4, 0.5) is 0 Å². The van der Waals surface area contributed by atoms with Gasteiger partial charge >= 0.3 is 11.6 Å². The fourth-order valence-electron chi connectivity index (χ4n) is 8.24. The summed E-state index contributed by atoms with van der Waals surface area (Å²) in [6, 6.07) is 3.00. The van der Waals surface area contributed by atoms with Gasteiger partial charge in [0, 0.05) is 6.07 Å². The molecule has 4 aliphatic rings. The molecular formula is C29H41NO4. The van der Waals surface area contributed by atoms with Gasteiger partial charge in [0.1, 0.15) is 12.1 Å². The maximum Gasteiger partial charge on any atom is 0.335 e. The Labute approximate surface area is 203 Å². The molecule has 0 spiro atoms. The molecule has 1 aromatic heterocycles. The molecule has 3 fully saturated rings. The van der Waals surface area contributed by atoms with Gasteiger partial charge < -0.3 is 14.9 Å². The minimum absolute atomic E-state index is 0.0172. The average molecular weight is 468 g/mol. The van der Waals surface area contributed by atoms with E-state index in [9.17, 15) is 9.59 Å². The second-order valence-electron chi connectivity index (χ2n) is 12.4. The minimum atomic E-state index is -0.528. The molecule has 0 unspecified atom stereocenters. The van der Waals surface area contributed by atoms with Crippen LogP contribution in [0.1, 0.15) is 90.5 Å². The first-order valence-corrected chi connectivity index (χ1v) is 13.4. The molecule has 0 amide bonds. The van der Waals surface area contributed by atoms with Gasteiger partial charge in [-0.05, 0) is 103 Å². The van der Waals surface area contributed by atoms with E-state index in [2.05, 4.69) is 19.9 Å². The Balaban J connectivity index is 1.30. The molecule has 1 aromatic rings. The Bertz CT molecular complexity index is 1010. The number of allylic oxidation sites excluding steroid dienone is 2. The van der Waals surface area contributed by atoms with Gasteiger partial charge in [-0.3, -0.25) is 4.79 Å². The van der Waals surface area contributed by atoms with E-state index in [0.717, 1.165) is 31.2 Å².